The summed E-state index contributed by atoms with van der Waals surface area (Å²) in [4.78, 5) is 0. The lowest BCUT2D eigenvalue weighted by molar-refractivity contribution is 0.630. The molecule has 0 amide bonds. The molecule has 1 aromatic heterocycles. The van der Waals surface area contributed by atoms with E-state index in [1.807, 2.05) is 0 Å². The van der Waals surface area contributed by atoms with Gasteiger partial charge in [0.15, 0.2) is 0 Å². The quantitative estimate of drug-likeness (QED) is 0.806. The van der Waals surface area contributed by atoms with Crippen LogP contribution in [0.5, 0.6) is 0 Å². The highest BCUT2D eigenvalue weighted by Gasteiger charge is 2.09. The van der Waals surface area contributed by atoms with Crippen molar-refractivity contribution in [1.29, 1.82) is 0 Å². The molecule has 0 aliphatic heterocycles. The summed E-state index contributed by atoms with van der Waals surface area (Å²) >= 11 is 0. The molecule has 0 fully saturated rings. The number of hydrogen-bond donors (Lipinski definition) is 1. The van der Waals surface area contributed by atoms with E-state index in [-0.39, 0.29) is 0 Å². The van der Waals surface area contributed by atoms with Crippen molar-refractivity contribution in [1.82, 2.24) is 15.1 Å². The lowest BCUT2D eigenvalue weighted by Crippen LogP contribution is -2.17. The predicted octanol–water partition coefficient (Wildman–Crippen LogP) is 2.85. The second-order valence-corrected chi connectivity index (χ2v) is 4.88. The van der Waals surface area contributed by atoms with Crippen LogP contribution >= 0.6 is 0 Å². The largest absolute Gasteiger partial charge is 0.312 e. The van der Waals surface area contributed by atoms with Gasteiger partial charge in [-0.2, -0.15) is 5.10 Å². The smallest absolute Gasteiger partial charge is 0.0641 e. The molecular weight excluding hydrogens is 234 g/mol. The predicted molar refractivity (Wildman–Crippen MR) is 79.2 cm³/mol. The molecule has 0 bridgehead atoms. The fraction of sp³-hybridized carbons (Fsp3) is 0.438. The number of nitrogens with zero attached hydrogens (tertiary/aromatic N) is 2. The van der Waals surface area contributed by atoms with Crippen molar-refractivity contribution in [3.8, 4) is 0 Å². The third-order valence-electron chi connectivity index (χ3n) is 3.57. The Morgan fingerprint density at radius 2 is 1.89 bits per heavy atom. The van der Waals surface area contributed by atoms with Gasteiger partial charge in [0.2, 0.25) is 0 Å². The molecular formula is C16H23N3. The zero-order chi connectivity index (χ0) is 13.7. The van der Waals surface area contributed by atoms with Crippen molar-refractivity contribution in [3.05, 3.63) is 52.8 Å². The molecule has 0 spiro atoms. The van der Waals surface area contributed by atoms with Gasteiger partial charge in [0.1, 0.15) is 0 Å². The standard InChI is InChI=1S/C16H23N3/c1-4-19-14(3)16(13(2)18-19)12-17-11-10-15-8-6-5-7-9-15/h5-9,17H,4,10-12H2,1-3H3. The Hall–Kier alpha value is -1.61. The van der Waals surface area contributed by atoms with Gasteiger partial charge in [-0.25, -0.2) is 0 Å². The zero-order valence-corrected chi connectivity index (χ0v) is 12.1. The van der Waals surface area contributed by atoms with Gasteiger partial charge in [0, 0.05) is 24.3 Å². The van der Waals surface area contributed by atoms with Crippen LogP contribution in [0.2, 0.25) is 0 Å². The molecule has 0 saturated carbocycles. The zero-order valence-electron chi connectivity index (χ0n) is 12.1. The molecule has 0 atom stereocenters. The fourth-order valence-electron chi connectivity index (χ4n) is 2.39. The van der Waals surface area contributed by atoms with Crippen LogP contribution in [-0.4, -0.2) is 16.3 Å². The van der Waals surface area contributed by atoms with E-state index in [4.69, 9.17) is 0 Å². The number of rotatable bonds is 6. The summed E-state index contributed by atoms with van der Waals surface area (Å²) in [6.07, 6.45) is 1.07. The molecule has 0 radical (unpaired) electrons. The van der Waals surface area contributed by atoms with Gasteiger partial charge in [0.05, 0.1) is 5.69 Å². The van der Waals surface area contributed by atoms with E-state index in [2.05, 4.69) is 66.2 Å². The summed E-state index contributed by atoms with van der Waals surface area (Å²) in [6, 6.07) is 10.6. The Balaban J connectivity index is 1.85. The molecule has 0 saturated heterocycles. The van der Waals surface area contributed by atoms with Crippen LogP contribution in [0.1, 0.15) is 29.4 Å². The van der Waals surface area contributed by atoms with Crippen LogP contribution < -0.4 is 5.32 Å². The van der Waals surface area contributed by atoms with Crippen molar-refractivity contribution in [2.24, 2.45) is 0 Å². The van der Waals surface area contributed by atoms with Gasteiger partial charge in [-0.3, -0.25) is 4.68 Å². The first-order valence-corrected chi connectivity index (χ1v) is 7.00. The lowest BCUT2D eigenvalue weighted by Gasteiger charge is -2.06. The van der Waals surface area contributed by atoms with Gasteiger partial charge in [-0.05, 0) is 39.3 Å². The average molecular weight is 257 g/mol. The number of aromatic nitrogens is 2. The third kappa shape index (κ3) is 3.44. The van der Waals surface area contributed by atoms with E-state index in [9.17, 15) is 0 Å². The van der Waals surface area contributed by atoms with E-state index in [0.717, 1.165) is 31.7 Å². The number of benzene rings is 1. The fourth-order valence-corrected chi connectivity index (χ4v) is 2.39. The van der Waals surface area contributed by atoms with Gasteiger partial charge in [0.25, 0.3) is 0 Å². The SMILES string of the molecule is CCn1nc(C)c(CNCCc2ccccc2)c1C. The van der Waals surface area contributed by atoms with E-state index in [1.165, 1.54) is 16.8 Å². The first-order valence-electron chi connectivity index (χ1n) is 7.00. The Labute approximate surface area is 115 Å². The van der Waals surface area contributed by atoms with Crippen molar-refractivity contribution in [2.45, 2.75) is 40.3 Å². The van der Waals surface area contributed by atoms with Crippen molar-refractivity contribution in [3.63, 3.8) is 0 Å². The second kappa shape index (κ2) is 6.53. The van der Waals surface area contributed by atoms with E-state index in [1.54, 1.807) is 0 Å². The minimum atomic E-state index is 0.907. The molecule has 1 heterocycles. The van der Waals surface area contributed by atoms with Gasteiger partial charge in [-0.15, -0.1) is 0 Å². The molecule has 2 rings (SSSR count). The van der Waals surface area contributed by atoms with Crippen molar-refractivity contribution >= 4 is 0 Å². The highest BCUT2D eigenvalue weighted by atomic mass is 15.3. The molecule has 0 unspecified atom stereocenters. The topological polar surface area (TPSA) is 29.9 Å². The summed E-state index contributed by atoms with van der Waals surface area (Å²) in [7, 11) is 0. The van der Waals surface area contributed by atoms with Gasteiger partial charge >= 0.3 is 0 Å². The van der Waals surface area contributed by atoms with Crippen molar-refractivity contribution in [2.75, 3.05) is 6.54 Å². The van der Waals surface area contributed by atoms with Crippen LogP contribution in [0.4, 0.5) is 0 Å². The molecule has 0 aliphatic carbocycles. The summed E-state index contributed by atoms with van der Waals surface area (Å²) in [6.45, 7) is 9.22. The number of nitrogens with one attached hydrogen (secondary N) is 1. The Morgan fingerprint density at radius 1 is 1.16 bits per heavy atom. The maximum absolute atomic E-state index is 4.54. The van der Waals surface area contributed by atoms with Crippen LogP contribution in [0.15, 0.2) is 30.3 Å². The Morgan fingerprint density at radius 3 is 2.53 bits per heavy atom. The Kier molecular flexibility index (Phi) is 4.74. The summed E-state index contributed by atoms with van der Waals surface area (Å²) in [5.74, 6) is 0. The van der Waals surface area contributed by atoms with E-state index >= 15 is 0 Å². The second-order valence-electron chi connectivity index (χ2n) is 4.88. The first kappa shape index (κ1) is 13.8. The molecule has 102 valence electrons. The first-order chi connectivity index (χ1) is 9.22. The van der Waals surface area contributed by atoms with E-state index < -0.39 is 0 Å². The van der Waals surface area contributed by atoms with Gasteiger partial charge < -0.3 is 5.32 Å². The highest BCUT2D eigenvalue weighted by Crippen LogP contribution is 2.12. The highest BCUT2D eigenvalue weighted by molar-refractivity contribution is 5.24. The van der Waals surface area contributed by atoms with Crippen LogP contribution in [-0.2, 0) is 19.5 Å². The maximum atomic E-state index is 4.54. The minimum absolute atomic E-state index is 0.907. The number of aryl methyl sites for hydroxylation is 2. The Bertz CT molecular complexity index is 514. The molecule has 0 aliphatic rings. The molecule has 1 aromatic carbocycles. The molecule has 19 heavy (non-hydrogen) atoms. The van der Waals surface area contributed by atoms with Crippen LogP contribution in [0, 0.1) is 13.8 Å². The molecule has 2 aromatic rings. The monoisotopic (exact) mass is 257 g/mol. The van der Waals surface area contributed by atoms with Crippen LogP contribution in [0.3, 0.4) is 0 Å². The lowest BCUT2D eigenvalue weighted by atomic mass is 10.1. The molecule has 3 nitrogen and oxygen atoms in total. The summed E-state index contributed by atoms with van der Waals surface area (Å²) in [5.41, 5.74) is 5.15. The molecule has 3 heteroatoms. The van der Waals surface area contributed by atoms with E-state index in [0.29, 0.717) is 0 Å². The summed E-state index contributed by atoms with van der Waals surface area (Å²) < 4.78 is 2.07. The molecule has 1 N–H and O–H groups in total. The normalized spacial score (nSPS) is 10.9. The average Bonchev–Trinajstić information content (AvgIpc) is 2.71. The summed E-state index contributed by atoms with van der Waals surface area (Å²) in [5, 5.41) is 8.06. The van der Waals surface area contributed by atoms with Crippen LogP contribution in [0.25, 0.3) is 0 Å². The van der Waals surface area contributed by atoms with Gasteiger partial charge in [-0.1, -0.05) is 30.3 Å². The third-order valence-corrected chi connectivity index (χ3v) is 3.57. The van der Waals surface area contributed by atoms with Crippen molar-refractivity contribution < 1.29 is 0 Å². The maximum Gasteiger partial charge on any atom is 0.0641 e. The number of hydrogen-bond acceptors (Lipinski definition) is 2. The minimum Gasteiger partial charge on any atom is -0.312 e.